The summed E-state index contributed by atoms with van der Waals surface area (Å²) < 4.78 is 36.5. The minimum Gasteiger partial charge on any atom is -0.356 e. The normalized spacial score (nSPS) is 29.2. The van der Waals surface area contributed by atoms with Crippen molar-refractivity contribution in [1.82, 2.24) is 5.32 Å². The molecule has 2 fully saturated rings. The maximum absolute atomic E-state index is 13.2. The number of thiocarbonyl (C=S) groups is 1. The highest BCUT2D eigenvalue weighted by molar-refractivity contribution is 7.91. The Morgan fingerprint density at radius 2 is 2.17 bits per heavy atom. The summed E-state index contributed by atoms with van der Waals surface area (Å²) in [4.78, 5) is 1.70. The second-order valence-corrected chi connectivity index (χ2v) is 7.09. The molecule has 0 saturated carbocycles. The Labute approximate surface area is 110 Å². The zero-order valence-corrected chi connectivity index (χ0v) is 11.0. The molecule has 0 radical (unpaired) electrons. The van der Waals surface area contributed by atoms with E-state index in [-0.39, 0.29) is 29.4 Å². The minimum absolute atomic E-state index is 0.0569. The first-order valence-electron chi connectivity index (χ1n) is 5.52. The molecule has 2 aliphatic rings. The van der Waals surface area contributed by atoms with Crippen LogP contribution in [-0.2, 0) is 9.84 Å². The van der Waals surface area contributed by atoms with Crippen molar-refractivity contribution in [3.8, 4) is 0 Å². The third-order valence-electron chi connectivity index (χ3n) is 3.27. The van der Waals surface area contributed by atoms with Crippen molar-refractivity contribution in [2.24, 2.45) is 0 Å². The van der Waals surface area contributed by atoms with Crippen LogP contribution in [0, 0.1) is 5.82 Å². The maximum atomic E-state index is 13.2. The highest BCUT2D eigenvalue weighted by Crippen LogP contribution is 2.29. The number of halogens is 1. The van der Waals surface area contributed by atoms with Gasteiger partial charge in [-0.25, -0.2) is 12.8 Å². The van der Waals surface area contributed by atoms with Crippen molar-refractivity contribution in [2.45, 2.75) is 12.1 Å². The fraction of sp³-hybridized carbons (Fsp3) is 0.364. The second-order valence-electron chi connectivity index (χ2n) is 4.55. The number of nitrogens with zero attached hydrogens (tertiary/aromatic N) is 1. The van der Waals surface area contributed by atoms with Crippen molar-refractivity contribution in [2.75, 3.05) is 16.4 Å². The average molecular weight is 286 g/mol. The Morgan fingerprint density at radius 3 is 2.89 bits per heavy atom. The number of nitrogens with one attached hydrogen (secondary N) is 1. The Kier molecular flexibility index (Phi) is 2.56. The zero-order valence-electron chi connectivity index (χ0n) is 9.34. The lowest BCUT2D eigenvalue weighted by molar-refractivity contribution is 0.600. The molecule has 1 aromatic rings. The van der Waals surface area contributed by atoms with E-state index in [9.17, 15) is 12.8 Å². The number of rotatable bonds is 1. The van der Waals surface area contributed by atoms with Crippen molar-refractivity contribution in [1.29, 1.82) is 0 Å². The summed E-state index contributed by atoms with van der Waals surface area (Å²) >= 11 is 5.19. The number of hydrogen-bond donors (Lipinski definition) is 1. The van der Waals surface area contributed by atoms with Crippen LogP contribution in [0.1, 0.15) is 0 Å². The molecule has 7 heteroatoms. The SMILES string of the molecule is O=S1(=O)C[C@@H]2NC(=S)N(c3cccc(F)c3)[C@H]2C1. The van der Waals surface area contributed by atoms with Gasteiger partial charge in [-0.1, -0.05) is 6.07 Å². The van der Waals surface area contributed by atoms with Gasteiger partial charge in [0.15, 0.2) is 14.9 Å². The highest BCUT2D eigenvalue weighted by atomic mass is 32.2. The molecule has 0 amide bonds. The second kappa shape index (κ2) is 3.89. The van der Waals surface area contributed by atoms with Crippen LogP contribution in [0.15, 0.2) is 24.3 Å². The molecule has 3 rings (SSSR count). The standard InChI is InChI=1S/C11H11FN2O2S2/c12-7-2-1-3-8(4-7)14-10-6-18(15,16)5-9(10)13-11(14)17/h1-4,9-10H,5-6H2,(H,13,17)/t9-,10-/m0/s1. The van der Waals surface area contributed by atoms with Crippen LogP contribution in [0.5, 0.6) is 0 Å². The Hall–Kier alpha value is -1.21. The van der Waals surface area contributed by atoms with Crippen molar-refractivity contribution in [3.63, 3.8) is 0 Å². The molecule has 2 atom stereocenters. The highest BCUT2D eigenvalue weighted by Gasteiger charge is 2.47. The van der Waals surface area contributed by atoms with Crippen LogP contribution in [-0.4, -0.2) is 37.1 Å². The van der Waals surface area contributed by atoms with E-state index in [1.807, 2.05) is 0 Å². The van der Waals surface area contributed by atoms with E-state index in [0.717, 1.165) is 0 Å². The van der Waals surface area contributed by atoms with Crippen molar-refractivity contribution >= 4 is 32.9 Å². The molecule has 2 aliphatic heterocycles. The average Bonchev–Trinajstić information content (AvgIpc) is 2.68. The predicted molar refractivity (Wildman–Crippen MR) is 70.8 cm³/mol. The topological polar surface area (TPSA) is 49.4 Å². The molecule has 0 spiro atoms. The Bertz CT molecular complexity index is 617. The fourth-order valence-corrected chi connectivity index (χ4v) is 4.82. The van der Waals surface area contributed by atoms with E-state index in [1.165, 1.54) is 12.1 Å². The summed E-state index contributed by atoms with van der Waals surface area (Å²) in [5.74, 6) is -0.218. The van der Waals surface area contributed by atoms with Crippen molar-refractivity contribution < 1.29 is 12.8 Å². The molecular formula is C11H11FN2O2S2. The third-order valence-corrected chi connectivity index (χ3v) is 5.30. The lowest BCUT2D eigenvalue weighted by atomic mass is 10.1. The van der Waals surface area contributed by atoms with Crippen LogP contribution in [0.25, 0.3) is 0 Å². The van der Waals surface area contributed by atoms with Crippen LogP contribution in [0.3, 0.4) is 0 Å². The van der Waals surface area contributed by atoms with Gasteiger partial charge in [0.1, 0.15) is 5.82 Å². The van der Waals surface area contributed by atoms with Crippen LogP contribution >= 0.6 is 12.2 Å². The van der Waals surface area contributed by atoms with Gasteiger partial charge < -0.3 is 10.2 Å². The lowest BCUT2D eigenvalue weighted by Gasteiger charge is -2.23. The monoisotopic (exact) mass is 286 g/mol. The van der Waals surface area contributed by atoms with E-state index >= 15 is 0 Å². The Morgan fingerprint density at radius 1 is 1.39 bits per heavy atom. The zero-order chi connectivity index (χ0) is 12.9. The van der Waals surface area contributed by atoms with E-state index in [1.54, 1.807) is 17.0 Å². The molecule has 2 heterocycles. The van der Waals surface area contributed by atoms with Gasteiger partial charge in [-0.05, 0) is 30.4 Å². The first kappa shape index (κ1) is 11.9. The molecule has 1 N–H and O–H groups in total. The molecule has 0 unspecified atom stereocenters. The van der Waals surface area contributed by atoms with Crippen LogP contribution in [0.4, 0.5) is 10.1 Å². The van der Waals surface area contributed by atoms with Gasteiger partial charge in [0.05, 0.1) is 23.6 Å². The number of benzene rings is 1. The summed E-state index contributed by atoms with van der Waals surface area (Å²) in [6.07, 6.45) is 0. The smallest absolute Gasteiger partial charge is 0.174 e. The van der Waals surface area contributed by atoms with Crippen LogP contribution < -0.4 is 10.2 Å². The fourth-order valence-electron chi connectivity index (χ4n) is 2.53. The summed E-state index contributed by atoms with van der Waals surface area (Å²) in [5, 5.41) is 3.46. The van der Waals surface area contributed by atoms with Gasteiger partial charge in [-0.2, -0.15) is 0 Å². The molecule has 4 nitrogen and oxygen atoms in total. The van der Waals surface area contributed by atoms with Crippen LogP contribution in [0.2, 0.25) is 0 Å². The van der Waals surface area contributed by atoms with Gasteiger partial charge in [-0.15, -0.1) is 0 Å². The van der Waals surface area contributed by atoms with Gasteiger partial charge in [0.2, 0.25) is 0 Å². The molecule has 0 aliphatic carbocycles. The summed E-state index contributed by atoms with van der Waals surface area (Å²) in [6.45, 7) is 0. The predicted octanol–water partition coefficient (Wildman–Crippen LogP) is 0.686. The number of hydrogen-bond acceptors (Lipinski definition) is 3. The lowest BCUT2D eigenvalue weighted by Crippen LogP contribution is -2.36. The number of fused-ring (bicyclic) bond motifs is 1. The molecular weight excluding hydrogens is 275 g/mol. The third kappa shape index (κ3) is 1.87. The van der Waals surface area contributed by atoms with Gasteiger partial charge in [0.25, 0.3) is 0 Å². The summed E-state index contributed by atoms with van der Waals surface area (Å²) in [5.41, 5.74) is 0.595. The van der Waals surface area contributed by atoms with Gasteiger partial charge in [-0.3, -0.25) is 0 Å². The molecule has 96 valence electrons. The first-order valence-corrected chi connectivity index (χ1v) is 7.75. The largest absolute Gasteiger partial charge is 0.356 e. The molecule has 0 bridgehead atoms. The Balaban J connectivity index is 1.99. The van der Waals surface area contributed by atoms with E-state index < -0.39 is 9.84 Å². The number of sulfone groups is 1. The maximum Gasteiger partial charge on any atom is 0.174 e. The molecule has 18 heavy (non-hydrogen) atoms. The van der Waals surface area contributed by atoms with E-state index in [0.29, 0.717) is 10.8 Å². The van der Waals surface area contributed by atoms with Crippen molar-refractivity contribution in [3.05, 3.63) is 30.1 Å². The summed E-state index contributed by atoms with van der Waals surface area (Å²) in [7, 11) is -3.04. The molecule has 0 aromatic heterocycles. The quantitative estimate of drug-likeness (QED) is 0.770. The van der Waals surface area contributed by atoms with Gasteiger partial charge in [0, 0.05) is 5.69 Å². The minimum atomic E-state index is -3.04. The molecule has 1 aromatic carbocycles. The summed E-state index contributed by atoms with van der Waals surface area (Å²) in [6, 6.07) is 5.60. The van der Waals surface area contributed by atoms with E-state index in [2.05, 4.69) is 5.32 Å². The first-order chi connectivity index (χ1) is 8.46. The van der Waals surface area contributed by atoms with E-state index in [4.69, 9.17) is 12.2 Å². The molecule has 2 saturated heterocycles. The number of anilines is 1. The van der Waals surface area contributed by atoms with Gasteiger partial charge >= 0.3 is 0 Å².